The third kappa shape index (κ3) is 5.61. The Morgan fingerprint density at radius 1 is 0.290 bits per heavy atom. The Kier molecular flexibility index (Phi) is 7.98. The summed E-state index contributed by atoms with van der Waals surface area (Å²) in [6.07, 6.45) is 0. The maximum Gasteiger partial charge on any atom is 0.165 e. The first kappa shape index (κ1) is 35.3. The van der Waals surface area contributed by atoms with Gasteiger partial charge in [0.15, 0.2) is 34.9 Å². The van der Waals surface area contributed by atoms with E-state index in [4.69, 9.17) is 29.9 Å². The topological polar surface area (TPSA) is 77.3 Å². The van der Waals surface area contributed by atoms with E-state index in [0.717, 1.165) is 44.2 Å². The van der Waals surface area contributed by atoms with Gasteiger partial charge in [-0.05, 0) is 57.6 Å². The van der Waals surface area contributed by atoms with E-state index in [2.05, 4.69) is 144 Å². The summed E-state index contributed by atoms with van der Waals surface area (Å²) in [6, 6.07) is 59.9. The molecule has 0 aliphatic heterocycles. The van der Waals surface area contributed by atoms with Gasteiger partial charge in [0.1, 0.15) is 0 Å². The molecule has 4 aromatic heterocycles. The fourth-order valence-corrected chi connectivity index (χ4v) is 11.4. The summed E-state index contributed by atoms with van der Waals surface area (Å²) >= 11 is 3.43. The second-order valence-corrected chi connectivity index (χ2v) is 17.6. The van der Waals surface area contributed by atoms with Crippen molar-refractivity contribution in [1.29, 1.82) is 0 Å². The molecule has 2 bridgehead atoms. The number of benzene rings is 7. The SMILES string of the molecule is c1ccc(-c2nc(-c3ccc4c(c3)C3c5ccccc5C4c4cc(-c5nc(-c6ccccc6)nc(-c6csc7ccccc67)n5)ccc43)nc(-c3csc4ccccc34)n2)cc1. The van der Waals surface area contributed by atoms with Crippen LogP contribution in [0, 0.1) is 0 Å². The van der Waals surface area contributed by atoms with Crippen molar-refractivity contribution in [3.8, 4) is 68.3 Å². The Labute approximate surface area is 365 Å². The van der Waals surface area contributed by atoms with Gasteiger partial charge in [-0.15, -0.1) is 22.7 Å². The Balaban J connectivity index is 0.951. The van der Waals surface area contributed by atoms with Gasteiger partial charge in [0.25, 0.3) is 0 Å². The number of fused-ring (bicyclic) bond motifs is 2. The molecule has 62 heavy (non-hydrogen) atoms. The molecule has 3 aliphatic carbocycles. The second kappa shape index (κ2) is 14.0. The Morgan fingerprint density at radius 3 is 1.10 bits per heavy atom. The molecule has 7 aromatic carbocycles. The van der Waals surface area contributed by atoms with Crippen molar-refractivity contribution in [2.24, 2.45) is 0 Å². The maximum atomic E-state index is 5.20. The lowest BCUT2D eigenvalue weighted by atomic mass is 9.61. The van der Waals surface area contributed by atoms with E-state index in [1.165, 1.54) is 42.8 Å². The van der Waals surface area contributed by atoms with Gasteiger partial charge in [0.2, 0.25) is 0 Å². The molecule has 0 spiro atoms. The fraction of sp³-hybridized carbons (Fsp3) is 0.0370. The van der Waals surface area contributed by atoms with Crippen molar-refractivity contribution in [3.63, 3.8) is 0 Å². The molecule has 2 unspecified atom stereocenters. The molecule has 0 fully saturated rings. The Bertz CT molecular complexity index is 3320. The third-order valence-electron chi connectivity index (χ3n) is 12.3. The van der Waals surface area contributed by atoms with Crippen LogP contribution in [0.3, 0.4) is 0 Å². The second-order valence-electron chi connectivity index (χ2n) is 15.8. The minimum Gasteiger partial charge on any atom is -0.208 e. The van der Waals surface area contributed by atoms with E-state index in [1.54, 1.807) is 22.7 Å². The van der Waals surface area contributed by atoms with E-state index in [0.29, 0.717) is 34.9 Å². The van der Waals surface area contributed by atoms with E-state index >= 15 is 0 Å². The highest BCUT2D eigenvalue weighted by Gasteiger charge is 2.41. The number of aromatic nitrogens is 6. The van der Waals surface area contributed by atoms with Gasteiger partial charge in [-0.1, -0.05) is 146 Å². The molecule has 2 atom stereocenters. The van der Waals surface area contributed by atoms with Gasteiger partial charge in [-0.25, -0.2) is 29.9 Å². The van der Waals surface area contributed by atoms with Crippen molar-refractivity contribution in [3.05, 3.63) is 214 Å². The molecular weight excluding hydrogens is 797 g/mol. The number of nitrogens with zero attached hydrogens (tertiary/aromatic N) is 6. The maximum absolute atomic E-state index is 5.20. The highest BCUT2D eigenvalue weighted by Crippen LogP contribution is 2.56. The highest BCUT2D eigenvalue weighted by molar-refractivity contribution is 7.18. The average Bonchev–Trinajstić information content (AvgIpc) is 3.99. The van der Waals surface area contributed by atoms with Crippen LogP contribution in [-0.4, -0.2) is 29.9 Å². The predicted octanol–water partition coefficient (Wildman–Crippen LogP) is 13.5. The zero-order valence-corrected chi connectivity index (χ0v) is 34.6. The standard InChI is InChI=1S/C54H32N6S2/c1-3-13-31(14-4-1)49-55-51(59-53(57-49)43-29-61-45-21-11-9-17-35(43)45)33-23-25-39-41(27-33)47-37-19-7-8-20-38(37)48(39)42-28-34(24-26-40(42)47)52-56-50(32-15-5-2-6-16-32)58-54(60-52)44-30-62-46-22-12-10-18-36(44)46/h1-30,47-48H. The lowest BCUT2D eigenvalue weighted by Gasteiger charge is -2.42. The average molecular weight is 829 g/mol. The lowest BCUT2D eigenvalue weighted by Crippen LogP contribution is -2.27. The third-order valence-corrected chi connectivity index (χ3v) is 14.3. The fourth-order valence-electron chi connectivity index (χ4n) is 9.48. The van der Waals surface area contributed by atoms with Crippen LogP contribution in [0.5, 0.6) is 0 Å². The summed E-state index contributed by atoms with van der Waals surface area (Å²) in [7, 11) is 0. The van der Waals surface area contributed by atoms with Crippen LogP contribution >= 0.6 is 22.7 Å². The molecule has 290 valence electrons. The first-order valence-electron chi connectivity index (χ1n) is 20.7. The smallest absolute Gasteiger partial charge is 0.165 e. The minimum atomic E-state index is 0.0388. The lowest BCUT2D eigenvalue weighted by molar-refractivity contribution is 0.754. The molecule has 6 nitrogen and oxygen atoms in total. The van der Waals surface area contributed by atoms with Gasteiger partial charge in [0.05, 0.1) is 0 Å². The zero-order chi connectivity index (χ0) is 40.7. The van der Waals surface area contributed by atoms with Gasteiger partial charge < -0.3 is 0 Å². The number of hydrogen-bond acceptors (Lipinski definition) is 8. The van der Waals surface area contributed by atoms with Crippen LogP contribution in [0.25, 0.3) is 88.5 Å². The molecule has 0 amide bonds. The van der Waals surface area contributed by atoms with Crippen LogP contribution in [0.2, 0.25) is 0 Å². The summed E-state index contributed by atoms with van der Waals surface area (Å²) in [5.74, 6) is 4.08. The summed E-state index contributed by atoms with van der Waals surface area (Å²) < 4.78 is 2.42. The molecule has 0 N–H and O–H groups in total. The van der Waals surface area contributed by atoms with E-state index in [9.17, 15) is 0 Å². The van der Waals surface area contributed by atoms with Crippen LogP contribution in [0.4, 0.5) is 0 Å². The molecular formula is C54H32N6S2. The first-order chi connectivity index (χ1) is 30.7. The van der Waals surface area contributed by atoms with Crippen molar-refractivity contribution in [2.45, 2.75) is 11.8 Å². The van der Waals surface area contributed by atoms with Crippen molar-refractivity contribution >= 4 is 42.8 Å². The summed E-state index contributed by atoms with van der Waals surface area (Å²) in [6.45, 7) is 0. The predicted molar refractivity (Wildman–Crippen MR) is 251 cm³/mol. The summed E-state index contributed by atoms with van der Waals surface area (Å²) in [4.78, 5) is 30.8. The molecule has 3 aliphatic rings. The zero-order valence-electron chi connectivity index (χ0n) is 33.0. The van der Waals surface area contributed by atoms with E-state index in [1.807, 2.05) is 36.4 Å². The Hall–Kier alpha value is -7.52. The molecule has 11 aromatic rings. The molecule has 0 saturated heterocycles. The van der Waals surface area contributed by atoms with Gasteiger partial charge in [0, 0.05) is 76.1 Å². The number of hydrogen-bond donors (Lipinski definition) is 0. The van der Waals surface area contributed by atoms with Gasteiger partial charge in [-0.3, -0.25) is 0 Å². The summed E-state index contributed by atoms with van der Waals surface area (Å²) in [5, 5.41) is 6.62. The van der Waals surface area contributed by atoms with Crippen LogP contribution < -0.4 is 0 Å². The van der Waals surface area contributed by atoms with Crippen LogP contribution in [-0.2, 0) is 0 Å². The van der Waals surface area contributed by atoms with E-state index < -0.39 is 0 Å². The number of rotatable bonds is 6. The van der Waals surface area contributed by atoms with Crippen molar-refractivity contribution in [2.75, 3.05) is 0 Å². The van der Waals surface area contributed by atoms with Crippen molar-refractivity contribution in [1.82, 2.24) is 29.9 Å². The highest BCUT2D eigenvalue weighted by atomic mass is 32.1. The van der Waals surface area contributed by atoms with Crippen molar-refractivity contribution < 1.29 is 0 Å². The van der Waals surface area contributed by atoms with Crippen LogP contribution in [0.15, 0.2) is 181 Å². The minimum absolute atomic E-state index is 0.0388. The monoisotopic (exact) mass is 828 g/mol. The largest absolute Gasteiger partial charge is 0.208 e. The van der Waals surface area contributed by atoms with E-state index in [-0.39, 0.29) is 11.8 Å². The molecule has 14 rings (SSSR count). The molecule has 0 radical (unpaired) electrons. The van der Waals surface area contributed by atoms with Gasteiger partial charge >= 0.3 is 0 Å². The number of thiophene rings is 2. The first-order valence-corrected chi connectivity index (χ1v) is 22.4. The Morgan fingerprint density at radius 2 is 0.645 bits per heavy atom. The molecule has 4 heterocycles. The molecule has 0 saturated carbocycles. The summed E-state index contributed by atoms with van der Waals surface area (Å²) in [5.41, 5.74) is 13.7. The van der Waals surface area contributed by atoms with Crippen LogP contribution in [0.1, 0.15) is 45.2 Å². The molecule has 8 heteroatoms. The normalized spacial score (nSPS) is 14.8. The quantitative estimate of drug-likeness (QED) is 0.166. The van der Waals surface area contributed by atoms with Gasteiger partial charge in [-0.2, -0.15) is 0 Å².